The first-order chi connectivity index (χ1) is 13.6. The van der Waals surface area contributed by atoms with Gasteiger partial charge in [0.05, 0.1) is 5.69 Å². The summed E-state index contributed by atoms with van der Waals surface area (Å²) < 4.78 is 1.69. The van der Waals surface area contributed by atoms with Gasteiger partial charge in [-0.15, -0.1) is 0 Å². The van der Waals surface area contributed by atoms with Crippen LogP contribution in [0.4, 0.5) is 0 Å². The summed E-state index contributed by atoms with van der Waals surface area (Å²) in [6.45, 7) is 2.02. The summed E-state index contributed by atoms with van der Waals surface area (Å²) in [5.74, 6) is -0.109. The van der Waals surface area contributed by atoms with Crippen LogP contribution in [-0.2, 0) is 7.05 Å². The second-order valence-corrected chi connectivity index (χ2v) is 6.73. The van der Waals surface area contributed by atoms with Gasteiger partial charge in [0.1, 0.15) is 0 Å². The third-order valence-electron chi connectivity index (χ3n) is 4.93. The number of nitrogens with zero attached hydrogens (tertiary/aromatic N) is 5. The molecule has 1 aliphatic rings. The minimum Gasteiger partial charge on any atom is -0.335 e. The third-order valence-corrected chi connectivity index (χ3v) is 4.93. The molecular weight excluding hydrogens is 354 g/mol. The van der Waals surface area contributed by atoms with Crippen molar-refractivity contribution < 1.29 is 9.59 Å². The number of pyridine rings is 1. The van der Waals surface area contributed by atoms with Gasteiger partial charge in [-0.05, 0) is 30.3 Å². The average molecular weight is 375 g/mol. The van der Waals surface area contributed by atoms with Crippen LogP contribution in [0.2, 0.25) is 0 Å². The number of benzene rings is 1. The topological polar surface area (TPSA) is 71.3 Å². The Balaban J connectivity index is 1.43. The zero-order valence-corrected chi connectivity index (χ0v) is 15.7. The van der Waals surface area contributed by atoms with Crippen LogP contribution in [0.1, 0.15) is 20.8 Å². The third kappa shape index (κ3) is 3.51. The van der Waals surface area contributed by atoms with E-state index in [0.29, 0.717) is 37.4 Å². The van der Waals surface area contributed by atoms with Gasteiger partial charge in [0.25, 0.3) is 11.8 Å². The molecule has 3 heterocycles. The van der Waals surface area contributed by atoms with E-state index in [2.05, 4.69) is 10.1 Å². The minimum absolute atomic E-state index is 0.00407. The zero-order chi connectivity index (χ0) is 19.5. The lowest BCUT2D eigenvalue weighted by molar-refractivity contribution is 0.0532. The average Bonchev–Trinajstić information content (AvgIpc) is 3.15. The Morgan fingerprint density at radius 2 is 1.57 bits per heavy atom. The lowest BCUT2D eigenvalue weighted by Crippen LogP contribution is -2.50. The van der Waals surface area contributed by atoms with Crippen LogP contribution in [0.5, 0.6) is 0 Å². The molecule has 28 heavy (non-hydrogen) atoms. The number of hydrogen-bond donors (Lipinski definition) is 0. The van der Waals surface area contributed by atoms with E-state index in [-0.39, 0.29) is 11.8 Å². The van der Waals surface area contributed by atoms with Gasteiger partial charge in [0.15, 0.2) is 5.69 Å². The predicted molar refractivity (Wildman–Crippen MR) is 105 cm³/mol. The second kappa shape index (κ2) is 7.64. The highest BCUT2D eigenvalue weighted by Crippen LogP contribution is 2.20. The molecule has 1 aromatic carbocycles. The monoisotopic (exact) mass is 375 g/mol. The first-order valence-corrected chi connectivity index (χ1v) is 9.21. The van der Waals surface area contributed by atoms with E-state index in [1.807, 2.05) is 49.5 Å². The molecule has 0 bridgehead atoms. The van der Waals surface area contributed by atoms with Gasteiger partial charge in [0.2, 0.25) is 0 Å². The Labute approximate surface area is 163 Å². The van der Waals surface area contributed by atoms with Gasteiger partial charge < -0.3 is 9.80 Å². The Morgan fingerprint density at radius 3 is 2.21 bits per heavy atom. The van der Waals surface area contributed by atoms with E-state index in [0.717, 1.165) is 11.3 Å². The maximum absolute atomic E-state index is 12.9. The Hall–Kier alpha value is -3.48. The first-order valence-electron chi connectivity index (χ1n) is 9.21. The second-order valence-electron chi connectivity index (χ2n) is 6.73. The molecule has 3 aromatic rings. The summed E-state index contributed by atoms with van der Waals surface area (Å²) in [7, 11) is 1.82. The number of amides is 2. The van der Waals surface area contributed by atoms with Crippen molar-refractivity contribution in [3.63, 3.8) is 0 Å². The highest BCUT2D eigenvalue weighted by atomic mass is 16.2. The SMILES string of the molecule is Cn1nc(C(=O)N2CCN(C(=O)c3ccccc3)CC2)cc1-c1cccnc1. The number of aryl methyl sites for hydroxylation is 1. The first kappa shape index (κ1) is 17.9. The molecule has 0 saturated carbocycles. The summed E-state index contributed by atoms with van der Waals surface area (Å²) in [6.07, 6.45) is 3.46. The van der Waals surface area contributed by atoms with Gasteiger partial charge >= 0.3 is 0 Å². The smallest absolute Gasteiger partial charge is 0.274 e. The molecule has 1 aliphatic heterocycles. The molecule has 0 radical (unpaired) electrons. The quantitative estimate of drug-likeness (QED) is 0.703. The minimum atomic E-state index is -0.113. The van der Waals surface area contributed by atoms with Crippen LogP contribution >= 0.6 is 0 Å². The Morgan fingerprint density at radius 1 is 0.893 bits per heavy atom. The van der Waals surface area contributed by atoms with E-state index in [1.54, 1.807) is 32.9 Å². The summed E-state index contributed by atoms with van der Waals surface area (Å²) in [4.78, 5) is 33.1. The lowest BCUT2D eigenvalue weighted by Gasteiger charge is -2.34. The predicted octanol–water partition coefficient (Wildman–Crippen LogP) is 2.08. The largest absolute Gasteiger partial charge is 0.335 e. The number of carbonyl (C=O) groups excluding carboxylic acids is 2. The molecule has 1 saturated heterocycles. The summed E-state index contributed by atoms with van der Waals surface area (Å²) >= 11 is 0. The van der Waals surface area contributed by atoms with E-state index in [4.69, 9.17) is 0 Å². The van der Waals surface area contributed by atoms with Gasteiger partial charge in [-0.1, -0.05) is 18.2 Å². The fourth-order valence-electron chi connectivity index (χ4n) is 3.39. The highest BCUT2D eigenvalue weighted by Gasteiger charge is 2.27. The van der Waals surface area contributed by atoms with E-state index in [9.17, 15) is 9.59 Å². The summed E-state index contributed by atoms with van der Waals surface area (Å²) in [5, 5.41) is 4.38. The van der Waals surface area contributed by atoms with Crippen molar-refractivity contribution in [2.24, 2.45) is 7.05 Å². The molecule has 7 nitrogen and oxygen atoms in total. The van der Waals surface area contributed by atoms with Crippen molar-refractivity contribution in [2.75, 3.05) is 26.2 Å². The van der Waals surface area contributed by atoms with Crippen LogP contribution in [0.25, 0.3) is 11.3 Å². The molecule has 1 fully saturated rings. The van der Waals surface area contributed by atoms with E-state index >= 15 is 0 Å². The molecule has 2 aromatic heterocycles. The summed E-state index contributed by atoms with van der Waals surface area (Å²) in [5.41, 5.74) is 2.83. The van der Waals surface area contributed by atoms with Crippen LogP contribution in [0.3, 0.4) is 0 Å². The van der Waals surface area contributed by atoms with Crippen molar-refractivity contribution in [3.8, 4) is 11.3 Å². The van der Waals surface area contributed by atoms with Crippen molar-refractivity contribution in [3.05, 3.63) is 72.2 Å². The Bertz CT molecular complexity index is 977. The van der Waals surface area contributed by atoms with Crippen LogP contribution < -0.4 is 0 Å². The van der Waals surface area contributed by atoms with Crippen molar-refractivity contribution in [2.45, 2.75) is 0 Å². The molecule has 0 atom stereocenters. The normalized spacial score (nSPS) is 14.2. The lowest BCUT2D eigenvalue weighted by atomic mass is 10.1. The number of rotatable bonds is 3. The van der Waals surface area contributed by atoms with Crippen LogP contribution in [0.15, 0.2) is 60.9 Å². The van der Waals surface area contributed by atoms with E-state index in [1.165, 1.54) is 0 Å². The molecule has 0 spiro atoms. The summed E-state index contributed by atoms with van der Waals surface area (Å²) in [6, 6.07) is 14.8. The van der Waals surface area contributed by atoms with Gasteiger partial charge in [-0.25, -0.2) is 0 Å². The van der Waals surface area contributed by atoms with Crippen molar-refractivity contribution in [1.29, 1.82) is 0 Å². The molecule has 4 rings (SSSR count). The molecular formula is C21H21N5O2. The molecule has 0 N–H and O–H groups in total. The Kier molecular flexibility index (Phi) is 4.89. The molecule has 7 heteroatoms. The van der Waals surface area contributed by atoms with Gasteiger partial charge in [-0.3, -0.25) is 19.3 Å². The van der Waals surface area contributed by atoms with Gasteiger partial charge in [0, 0.05) is 56.7 Å². The number of hydrogen-bond acceptors (Lipinski definition) is 4. The molecule has 0 aliphatic carbocycles. The van der Waals surface area contributed by atoms with Crippen molar-refractivity contribution in [1.82, 2.24) is 24.6 Å². The fraction of sp³-hybridized carbons (Fsp3) is 0.238. The van der Waals surface area contributed by atoms with Gasteiger partial charge in [-0.2, -0.15) is 5.10 Å². The maximum Gasteiger partial charge on any atom is 0.274 e. The van der Waals surface area contributed by atoms with Crippen LogP contribution in [-0.4, -0.2) is 62.6 Å². The molecule has 2 amide bonds. The zero-order valence-electron chi connectivity index (χ0n) is 15.7. The molecule has 142 valence electrons. The fourth-order valence-corrected chi connectivity index (χ4v) is 3.39. The molecule has 0 unspecified atom stereocenters. The van der Waals surface area contributed by atoms with Crippen LogP contribution in [0, 0.1) is 0 Å². The number of aromatic nitrogens is 3. The number of carbonyl (C=O) groups is 2. The van der Waals surface area contributed by atoms with E-state index < -0.39 is 0 Å². The number of piperazine rings is 1. The van der Waals surface area contributed by atoms with Crippen molar-refractivity contribution >= 4 is 11.8 Å². The maximum atomic E-state index is 12.9. The standard InChI is InChI=1S/C21H21N5O2/c1-24-19(17-8-5-9-22-15-17)14-18(23-24)21(28)26-12-10-25(11-13-26)20(27)16-6-3-2-4-7-16/h2-9,14-15H,10-13H2,1H3. The highest BCUT2D eigenvalue weighted by molar-refractivity contribution is 5.95.